The first-order chi connectivity index (χ1) is 7.02. The van der Waals surface area contributed by atoms with Gasteiger partial charge in [-0.15, -0.1) is 0 Å². The average Bonchev–Trinajstić information content (AvgIpc) is 2.61. The van der Waals surface area contributed by atoms with Crippen molar-refractivity contribution in [3.63, 3.8) is 0 Å². The summed E-state index contributed by atoms with van der Waals surface area (Å²) in [5, 5.41) is 17.4. The van der Waals surface area contributed by atoms with Crippen molar-refractivity contribution < 1.29 is 19.8 Å². The summed E-state index contributed by atoms with van der Waals surface area (Å²) in [5.41, 5.74) is 5.34. The fraction of sp³-hybridized carbons (Fsp3) is 0.778. The average molecular weight is 216 g/mol. The molecule has 2 atom stereocenters. The Morgan fingerprint density at radius 3 is 2.67 bits per heavy atom. The fourth-order valence-corrected chi connectivity index (χ4v) is 1.80. The first-order valence-corrected chi connectivity index (χ1v) is 4.97. The Balaban J connectivity index is 2.38. The molecular formula is C9H16N2O4. The summed E-state index contributed by atoms with van der Waals surface area (Å²) >= 11 is 0. The highest BCUT2D eigenvalue weighted by atomic mass is 16.4. The van der Waals surface area contributed by atoms with E-state index in [2.05, 4.69) is 0 Å². The second-order valence-corrected chi connectivity index (χ2v) is 3.77. The van der Waals surface area contributed by atoms with Gasteiger partial charge < -0.3 is 15.9 Å². The minimum atomic E-state index is -1.04. The molecule has 6 nitrogen and oxygen atoms in total. The predicted octanol–water partition coefficient (Wildman–Crippen LogP) is -0.663. The summed E-state index contributed by atoms with van der Waals surface area (Å²) in [6.07, 6.45) is 1.77. The number of nitrogens with two attached hydrogens (primary N) is 1. The molecule has 0 bridgehead atoms. The van der Waals surface area contributed by atoms with E-state index in [1.807, 2.05) is 0 Å². The molecule has 0 spiro atoms. The van der Waals surface area contributed by atoms with Crippen LogP contribution in [0, 0.1) is 0 Å². The van der Waals surface area contributed by atoms with Crippen LogP contribution in [0.2, 0.25) is 0 Å². The largest absolute Gasteiger partial charge is 0.480 e. The number of carbonyl (C=O) groups is 2. The van der Waals surface area contributed by atoms with E-state index in [0.717, 1.165) is 6.42 Å². The zero-order chi connectivity index (χ0) is 11.4. The smallest absolute Gasteiger partial charge is 0.320 e. The number of rotatable bonds is 5. The Kier molecular flexibility index (Phi) is 4.05. The maximum absolute atomic E-state index is 10.8. The summed E-state index contributed by atoms with van der Waals surface area (Å²) in [6, 6.07) is -1.37. The summed E-state index contributed by atoms with van der Waals surface area (Å²) in [6.45, 7) is 1.15. The number of hydrogen-bond acceptors (Lipinski definition) is 4. The third kappa shape index (κ3) is 3.17. The highest BCUT2D eigenvalue weighted by Gasteiger charge is 2.30. The van der Waals surface area contributed by atoms with E-state index in [4.69, 9.17) is 15.9 Å². The fourth-order valence-electron chi connectivity index (χ4n) is 1.80. The van der Waals surface area contributed by atoms with Crippen LogP contribution in [0.3, 0.4) is 0 Å². The van der Waals surface area contributed by atoms with Crippen LogP contribution in [-0.2, 0) is 9.59 Å². The monoisotopic (exact) mass is 216 g/mol. The molecule has 1 rings (SSSR count). The van der Waals surface area contributed by atoms with Crippen LogP contribution in [0.25, 0.3) is 0 Å². The second-order valence-electron chi connectivity index (χ2n) is 3.77. The van der Waals surface area contributed by atoms with E-state index in [1.54, 1.807) is 4.90 Å². The number of hydrogen-bond donors (Lipinski definition) is 3. The van der Waals surface area contributed by atoms with Gasteiger partial charge in [0.1, 0.15) is 12.1 Å². The van der Waals surface area contributed by atoms with Gasteiger partial charge in [-0.1, -0.05) is 0 Å². The van der Waals surface area contributed by atoms with Crippen molar-refractivity contribution in [2.45, 2.75) is 31.3 Å². The van der Waals surface area contributed by atoms with E-state index in [-0.39, 0.29) is 0 Å². The lowest BCUT2D eigenvalue weighted by Crippen LogP contribution is -2.40. The molecule has 6 heteroatoms. The van der Waals surface area contributed by atoms with Crippen LogP contribution in [0.15, 0.2) is 0 Å². The van der Waals surface area contributed by atoms with Gasteiger partial charge in [-0.2, -0.15) is 0 Å². The molecule has 1 fully saturated rings. The van der Waals surface area contributed by atoms with Gasteiger partial charge in [0.2, 0.25) is 0 Å². The molecule has 1 unspecified atom stereocenters. The van der Waals surface area contributed by atoms with Crippen molar-refractivity contribution in [3.05, 3.63) is 0 Å². The maximum atomic E-state index is 10.8. The minimum Gasteiger partial charge on any atom is -0.480 e. The number of carboxylic acids is 2. The van der Waals surface area contributed by atoms with Gasteiger partial charge in [0.25, 0.3) is 0 Å². The van der Waals surface area contributed by atoms with Crippen molar-refractivity contribution in [2.75, 3.05) is 13.1 Å². The summed E-state index contributed by atoms with van der Waals surface area (Å²) in [4.78, 5) is 23.0. The number of nitrogens with zero attached hydrogens (tertiary/aromatic N) is 1. The lowest BCUT2D eigenvalue weighted by atomic mass is 10.2. The second kappa shape index (κ2) is 5.09. The third-order valence-corrected chi connectivity index (χ3v) is 2.69. The summed E-state index contributed by atoms with van der Waals surface area (Å²) < 4.78 is 0. The molecule has 86 valence electrons. The first kappa shape index (κ1) is 11.9. The van der Waals surface area contributed by atoms with Gasteiger partial charge in [0.15, 0.2) is 0 Å². The van der Waals surface area contributed by atoms with E-state index in [0.29, 0.717) is 25.9 Å². The van der Waals surface area contributed by atoms with Crippen LogP contribution in [0.1, 0.15) is 19.3 Å². The van der Waals surface area contributed by atoms with E-state index in [9.17, 15) is 9.59 Å². The van der Waals surface area contributed by atoms with Crippen molar-refractivity contribution in [1.82, 2.24) is 4.90 Å². The van der Waals surface area contributed by atoms with Crippen LogP contribution in [-0.4, -0.2) is 52.2 Å². The molecule has 0 saturated carbocycles. The molecule has 0 amide bonds. The van der Waals surface area contributed by atoms with Crippen LogP contribution in [0.4, 0.5) is 0 Å². The Labute approximate surface area is 87.7 Å². The zero-order valence-corrected chi connectivity index (χ0v) is 8.43. The van der Waals surface area contributed by atoms with Crippen molar-refractivity contribution >= 4 is 11.9 Å². The minimum absolute atomic E-state index is 0.291. The van der Waals surface area contributed by atoms with Crippen LogP contribution >= 0.6 is 0 Å². The number of likely N-dealkylation sites (tertiary alicyclic amines) is 1. The molecule has 0 radical (unpaired) electrons. The van der Waals surface area contributed by atoms with Crippen molar-refractivity contribution in [3.8, 4) is 0 Å². The predicted molar refractivity (Wildman–Crippen MR) is 52.5 cm³/mol. The van der Waals surface area contributed by atoms with Crippen LogP contribution in [0.5, 0.6) is 0 Å². The van der Waals surface area contributed by atoms with E-state index in [1.165, 1.54) is 0 Å². The molecule has 0 aromatic rings. The van der Waals surface area contributed by atoms with E-state index < -0.39 is 24.0 Å². The van der Waals surface area contributed by atoms with Crippen molar-refractivity contribution in [2.24, 2.45) is 5.73 Å². The number of aliphatic carboxylic acids is 2. The molecule has 1 aliphatic rings. The molecule has 0 aromatic heterocycles. The van der Waals surface area contributed by atoms with Crippen molar-refractivity contribution in [1.29, 1.82) is 0 Å². The van der Waals surface area contributed by atoms with Crippen LogP contribution < -0.4 is 5.73 Å². The molecule has 0 aliphatic carbocycles. The summed E-state index contributed by atoms with van der Waals surface area (Å²) in [7, 11) is 0. The van der Waals surface area contributed by atoms with Gasteiger partial charge in [0.05, 0.1) is 0 Å². The van der Waals surface area contributed by atoms with Gasteiger partial charge >= 0.3 is 11.9 Å². The van der Waals surface area contributed by atoms with Gasteiger partial charge in [0, 0.05) is 6.54 Å². The topological polar surface area (TPSA) is 104 Å². The normalized spacial score (nSPS) is 23.9. The molecular weight excluding hydrogens is 200 g/mol. The number of carboxylic acid groups (broad SMARTS) is 2. The molecule has 1 aliphatic heterocycles. The molecule has 1 heterocycles. The highest BCUT2D eigenvalue weighted by molar-refractivity contribution is 5.74. The zero-order valence-electron chi connectivity index (χ0n) is 8.43. The lowest BCUT2D eigenvalue weighted by Gasteiger charge is -2.21. The molecule has 0 aromatic carbocycles. The lowest BCUT2D eigenvalue weighted by molar-refractivity contribution is -0.142. The highest BCUT2D eigenvalue weighted by Crippen LogP contribution is 2.17. The van der Waals surface area contributed by atoms with Gasteiger partial charge in [-0.25, -0.2) is 0 Å². The molecule has 15 heavy (non-hydrogen) atoms. The Morgan fingerprint density at radius 2 is 2.13 bits per heavy atom. The van der Waals surface area contributed by atoms with E-state index >= 15 is 0 Å². The standard InChI is InChI=1S/C9H16N2O4/c10-6(8(12)13)3-5-11-4-1-2-7(11)9(14)15/h6-7H,1-5,10H2,(H,12,13)(H,14,15)/t6?,7-/m0/s1. The summed E-state index contributed by atoms with van der Waals surface area (Å²) in [5.74, 6) is -1.88. The molecule has 1 saturated heterocycles. The Bertz CT molecular complexity index is 256. The van der Waals surface area contributed by atoms with Gasteiger partial charge in [-0.3, -0.25) is 14.5 Å². The van der Waals surface area contributed by atoms with Gasteiger partial charge in [-0.05, 0) is 25.8 Å². The molecule has 4 N–H and O–H groups in total. The Hall–Kier alpha value is -1.14. The third-order valence-electron chi connectivity index (χ3n) is 2.69. The quantitative estimate of drug-likeness (QED) is 0.563. The SMILES string of the molecule is NC(CCN1CCC[C@H]1C(=O)O)C(=O)O. The Morgan fingerprint density at radius 1 is 1.47 bits per heavy atom. The first-order valence-electron chi connectivity index (χ1n) is 4.97. The maximum Gasteiger partial charge on any atom is 0.320 e.